The van der Waals surface area contributed by atoms with Crippen molar-refractivity contribution >= 4 is 35.1 Å². The fraction of sp³-hybridized carbons (Fsp3) is 0.900. The van der Waals surface area contributed by atoms with Crippen LogP contribution in [-0.4, -0.2) is 33.4 Å². The molecule has 2 unspecified atom stereocenters. The van der Waals surface area contributed by atoms with E-state index in [-0.39, 0.29) is 18.2 Å². The van der Waals surface area contributed by atoms with E-state index in [4.69, 9.17) is 33.4 Å². The van der Waals surface area contributed by atoms with Gasteiger partial charge < -0.3 is 10.2 Å². The number of unbranched alkanes of at least 4 members (excludes halogenated alkanes) is 11. The van der Waals surface area contributed by atoms with E-state index in [1.165, 1.54) is 57.8 Å². The van der Waals surface area contributed by atoms with Gasteiger partial charge in [0.15, 0.2) is 0 Å². The van der Waals surface area contributed by atoms with Crippen LogP contribution in [0.4, 0.5) is 0 Å². The summed E-state index contributed by atoms with van der Waals surface area (Å²) in [5, 5.41) is 17.5. The molecule has 26 heavy (non-hydrogen) atoms. The van der Waals surface area contributed by atoms with E-state index in [2.05, 4.69) is 0 Å². The zero-order valence-electron chi connectivity index (χ0n) is 15.9. The second kappa shape index (κ2) is 17.9. The number of rotatable bonds is 19. The zero-order valence-corrected chi connectivity index (χ0v) is 17.4. The topological polar surface area (TPSA) is 74.6 Å². The monoisotopic (exact) mass is 410 g/mol. The fourth-order valence-electron chi connectivity index (χ4n) is 3.14. The lowest BCUT2D eigenvalue weighted by Gasteiger charge is -2.14. The summed E-state index contributed by atoms with van der Waals surface area (Å²) in [4.78, 5) is 21.7. The van der Waals surface area contributed by atoms with Gasteiger partial charge in [-0.1, -0.05) is 70.6 Å². The average molecular weight is 411 g/mol. The van der Waals surface area contributed by atoms with Crippen LogP contribution >= 0.6 is 23.2 Å². The maximum absolute atomic E-state index is 11.0. The van der Waals surface area contributed by atoms with Crippen molar-refractivity contribution in [3.63, 3.8) is 0 Å². The lowest BCUT2D eigenvalue weighted by Crippen LogP contribution is -2.21. The van der Waals surface area contributed by atoms with Gasteiger partial charge in [0.2, 0.25) is 0 Å². The highest BCUT2D eigenvalue weighted by Gasteiger charge is 2.23. The first-order chi connectivity index (χ1) is 12.5. The van der Waals surface area contributed by atoms with E-state index in [0.717, 1.165) is 31.6 Å². The summed E-state index contributed by atoms with van der Waals surface area (Å²) in [5.41, 5.74) is 0. The van der Waals surface area contributed by atoms with Crippen molar-refractivity contribution in [1.82, 2.24) is 0 Å². The predicted molar refractivity (Wildman–Crippen MR) is 108 cm³/mol. The van der Waals surface area contributed by atoms with Gasteiger partial charge in [0.25, 0.3) is 0 Å². The molecule has 0 bridgehead atoms. The van der Waals surface area contributed by atoms with Gasteiger partial charge in [-0.2, -0.15) is 0 Å². The first kappa shape index (κ1) is 25.5. The molecule has 0 aliphatic rings. The molecule has 0 fully saturated rings. The SMILES string of the molecule is O=C(O)CC(CC(Cl)CCCCCCCCCCCCCCCl)C(=O)O. The third-order valence-electron chi connectivity index (χ3n) is 4.71. The minimum atomic E-state index is -1.09. The van der Waals surface area contributed by atoms with Crippen molar-refractivity contribution < 1.29 is 19.8 Å². The lowest BCUT2D eigenvalue weighted by atomic mass is 9.96. The zero-order chi connectivity index (χ0) is 19.6. The molecule has 0 rings (SSSR count). The molecular formula is C20H36Cl2O4. The molecule has 154 valence electrons. The molecule has 0 aromatic heterocycles. The highest BCUT2D eigenvalue weighted by Crippen LogP contribution is 2.21. The van der Waals surface area contributed by atoms with Crippen LogP contribution in [0.1, 0.15) is 96.3 Å². The molecule has 0 spiro atoms. The van der Waals surface area contributed by atoms with Crippen LogP contribution in [0.2, 0.25) is 0 Å². The van der Waals surface area contributed by atoms with Crippen LogP contribution < -0.4 is 0 Å². The minimum Gasteiger partial charge on any atom is -0.481 e. The molecule has 0 saturated carbocycles. The molecule has 0 aromatic rings. The summed E-state index contributed by atoms with van der Waals surface area (Å²) in [5.74, 6) is -2.26. The smallest absolute Gasteiger partial charge is 0.307 e. The average Bonchev–Trinajstić information content (AvgIpc) is 2.58. The Morgan fingerprint density at radius 3 is 1.54 bits per heavy atom. The molecule has 0 radical (unpaired) electrons. The molecule has 2 N–H and O–H groups in total. The van der Waals surface area contributed by atoms with Gasteiger partial charge in [-0.3, -0.25) is 9.59 Å². The Morgan fingerprint density at radius 2 is 1.15 bits per heavy atom. The summed E-state index contributed by atoms with van der Waals surface area (Å²) >= 11 is 11.8. The molecule has 0 aliphatic heterocycles. The van der Waals surface area contributed by atoms with Crippen molar-refractivity contribution in [2.45, 2.75) is 102 Å². The number of carbonyl (C=O) groups is 2. The molecule has 0 amide bonds. The summed E-state index contributed by atoms with van der Waals surface area (Å²) < 4.78 is 0. The number of carboxylic acids is 2. The molecule has 4 nitrogen and oxygen atoms in total. The molecule has 0 aromatic carbocycles. The number of aliphatic carboxylic acids is 2. The Labute approximate surface area is 168 Å². The number of halogens is 2. The maximum atomic E-state index is 11.0. The Hall–Kier alpha value is -0.480. The minimum absolute atomic E-state index is 0.230. The number of hydrogen-bond acceptors (Lipinski definition) is 2. The highest BCUT2D eigenvalue weighted by atomic mass is 35.5. The van der Waals surface area contributed by atoms with Crippen LogP contribution in [0.15, 0.2) is 0 Å². The van der Waals surface area contributed by atoms with E-state index in [1.807, 2.05) is 0 Å². The summed E-state index contributed by atoms with van der Waals surface area (Å²) in [6.07, 6.45) is 15.4. The molecule has 2 atom stereocenters. The van der Waals surface area contributed by atoms with Crippen molar-refractivity contribution in [3.05, 3.63) is 0 Å². The van der Waals surface area contributed by atoms with Gasteiger partial charge in [0.1, 0.15) is 0 Å². The van der Waals surface area contributed by atoms with Gasteiger partial charge in [-0.05, 0) is 19.3 Å². The van der Waals surface area contributed by atoms with E-state index < -0.39 is 17.9 Å². The van der Waals surface area contributed by atoms with Gasteiger partial charge in [0.05, 0.1) is 12.3 Å². The fourth-order valence-corrected chi connectivity index (χ4v) is 3.70. The third-order valence-corrected chi connectivity index (χ3v) is 5.38. The molecule has 6 heteroatoms. The van der Waals surface area contributed by atoms with Crippen molar-refractivity contribution in [3.8, 4) is 0 Å². The highest BCUT2D eigenvalue weighted by molar-refractivity contribution is 6.20. The van der Waals surface area contributed by atoms with Crippen LogP contribution in [0.5, 0.6) is 0 Å². The van der Waals surface area contributed by atoms with E-state index >= 15 is 0 Å². The van der Waals surface area contributed by atoms with E-state index in [9.17, 15) is 9.59 Å². The molecule has 0 aliphatic carbocycles. The predicted octanol–water partition coefficient (Wildman–Crippen LogP) is 6.47. The lowest BCUT2D eigenvalue weighted by molar-refractivity contribution is -0.148. The molecule has 0 saturated heterocycles. The van der Waals surface area contributed by atoms with Crippen LogP contribution in [0, 0.1) is 5.92 Å². The largest absolute Gasteiger partial charge is 0.481 e. The second-order valence-corrected chi connectivity index (χ2v) is 8.18. The van der Waals surface area contributed by atoms with Crippen molar-refractivity contribution in [1.29, 1.82) is 0 Å². The maximum Gasteiger partial charge on any atom is 0.307 e. The van der Waals surface area contributed by atoms with Crippen LogP contribution in [0.25, 0.3) is 0 Å². The van der Waals surface area contributed by atoms with Crippen molar-refractivity contribution in [2.75, 3.05) is 5.88 Å². The first-order valence-electron chi connectivity index (χ1n) is 10.1. The van der Waals surface area contributed by atoms with E-state index in [1.54, 1.807) is 0 Å². The Bertz CT molecular complexity index is 364. The van der Waals surface area contributed by atoms with E-state index in [0.29, 0.717) is 0 Å². The summed E-state index contributed by atoms with van der Waals surface area (Å²) in [6, 6.07) is 0. The van der Waals surface area contributed by atoms with Gasteiger partial charge in [0, 0.05) is 11.3 Å². The van der Waals surface area contributed by atoms with Gasteiger partial charge in [-0.15, -0.1) is 23.2 Å². The van der Waals surface area contributed by atoms with Crippen LogP contribution in [-0.2, 0) is 9.59 Å². The van der Waals surface area contributed by atoms with Crippen LogP contribution in [0.3, 0.4) is 0 Å². The standard InChI is InChI=1S/C20H36Cl2O4/c21-14-12-10-8-6-4-2-1-3-5-7-9-11-13-18(22)15-17(20(25)26)16-19(23)24/h17-18H,1-16H2,(H,23,24)(H,25,26). The van der Waals surface area contributed by atoms with Crippen molar-refractivity contribution in [2.24, 2.45) is 5.92 Å². The Morgan fingerprint density at radius 1 is 0.731 bits per heavy atom. The Kier molecular flexibility index (Phi) is 17.6. The summed E-state index contributed by atoms with van der Waals surface area (Å²) in [6.45, 7) is 0. The van der Waals surface area contributed by atoms with Gasteiger partial charge in [-0.25, -0.2) is 0 Å². The molecular weight excluding hydrogens is 375 g/mol. The molecule has 0 heterocycles. The second-order valence-electron chi connectivity index (χ2n) is 7.19. The van der Waals surface area contributed by atoms with Gasteiger partial charge >= 0.3 is 11.9 Å². The third kappa shape index (κ3) is 17.0. The Balaban J connectivity index is 3.46. The first-order valence-corrected chi connectivity index (χ1v) is 11.1. The quantitative estimate of drug-likeness (QED) is 0.189. The number of alkyl halides is 2. The number of hydrogen-bond donors (Lipinski definition) is 2. The normalized spacial score (nSPS) is 13.5. The number of carboxylic acid groups (broad SMARTS) is 2. The summed E-state index contributed by atoms with van der Waals surface area (Å²) in [7, 11) is 0.